The number of hydrogen-bond acceptors (Lipinski definition) is 8. The Hall–Kier alpha value is -3.75. The Morgan fingerprint density at radius 3 is 1.13 bits per heavy atom. The normalized spacial score (nSPS) is 20.3. The Bertz CT molecular complexity index is 2430. The molecule has 0 aliphatic carbocycles. The van der Waals surface area contributed by atoms with Crippen LogP contribution in [0.4, 0.5) is 0 Å². The van der Waals surface area contributed by atoms with Crippen molar-refractivity contribution in [1.82, 2.24) is 19.1 Å². The first-order valence-electron chi connectivity index (χ1n) is 21.9. The molecule has 5 heterocycles. The molecule has 4 aromatic carbocycles. The van der Waals surface area contributed by atoms with Gasteiger partial charge in [-0.3, -0.25) is 9.13 Å². The Morgan fingerprint density at radius 1 is 0.452 bits per heavy atom. The summed E-state index contributed by atoms with van der Waals surface area (Å²) in [5.41, 5.74) is 5.58. The molecule has 326 valence electrons. The molecule has 0 atom stereocenters. The van der Waals surface area contributed by atoms with Gasteiger partial charge in [-0.05, 0) is 149 Å². The number of halogens is 1. The van der Waals surface area contributed by atoms with Crippen LogP contribution < -0.4 is 5.46 Å². The largest absolute Gasteiger partial charge is 0.494 e. The molecular formula is C48H62B3BrN4O6. The van der Waals surface area contributed by atoms with Crippen molar-refractivity contribution >= 4 is 64.6 Å². The molecule has 0 saturated carbocycles. The number of benzene rings is 4. The third kappa shape index (κ3) is 8.86. The minimum absolute atomic E-state index is 0.327. The average Bonchev–Trinajstić information content (AvgIpc) is 3.95. The van der Waals surface area contributed by atoms with Crippen molar-refractivity contribution < 1.29 is 27.9 Å². The van der Waals surface area contributed by atoms with Crippen LogP contribution in [0, 0.1) is 0 Å². The number of para-hydroxylation sites is 4. The van der Waals surface area contributed by atoms with E-state index in [1.807, 2.05) is 67.5 Å². The Labute approximate surface area is 377 Å². The summed E-state index contributed by atoms with van der Waals surface area (Å²) in [4.78, 5) is 9.44. The van der Waals surface area contributed by atoms with E-state index in [4.69, 9.17) is 32.9 Å². The van der Waals surface area contributed by atoms with Crippen LogP contribution in [0.2, 0.25) is 0 Å². The molecule has 0 bridgehead atoms. The van der Waals surface area contributed by atoms with E-state index < -0.39 is 14.0 Å². The van der Waals surface area contributed by atoms with E-state index in [-0.39, 0.29) is 40.7 Å². The Morgan fingerprint density at radius 2 is 0.774 bits per heavy atom. The zero-order chi connectivity index (χ0) is 45.0. The lowest BCUT2D eigenvalue weighted by Crippen LogP contribution is -2.41. The maximum Gasteiger partial charge on any atom is 0.494 e. The maximum absolute atomic E-state index is 6.15. The number of hydrogen-bond donors (Lipinski definition) is 0. The van der Waals surface area contributed by atoms with Crippen LogP contribution in [0.15, 0.2) is 102 Å². The molecule has 3 fully saturated rings. The predicted octanol–water partition coefficient (Wildman–Crippen LogP) is 10.5. The third-order valence-corrected chi connectivity index (χ3v) is 13.9. The van der Waals surface area contributed by atoms with Crippen molar-refractivity contribution in [3.05, 3.63) is 113 Å². The lowest BCUT2D eigenvalue weighted by molar-refractivity contribution is 0.00578. The number of nitrogens with zero attached hydrogens (tertiary/aromatic N) is 4. The molecule has 2 aromatic heterocycles. The smallest absolute Gasteiger partial charge is 0.405 e. The van der Waals surface area contributed by atoms with Gasteiger partial charge in [0.25, 0.3) is 0 Å². The highest BCUT2D eigenvalue weighted by Gasteiger charge is 2.63. The molecule has 0 radical (unpaired) electrons. The summed E-state index contributed by atoms with van der Waals surface area (Å²) in [7, 11) is -1.29. The molecule has 3 aliphatic rings. The van der Waals surface area contributed by atoms with Gasteiger partial charge in [0.2, 0.25) is 0 Å². The second kappa shape index (κ2) is 17.0. The summed E-state index contributed by atoms with van der Waals surface area (Å²) in [6, 6.07) is 33.3. The first-order chi connectivity index (χ1) is 29.0. The van der Waals surface area contributed by atoms with Crippen LogP contribution in [0.5, 0.6) is 0 Å². The highest BCUT2D eigenvalue weighted by molar-refractivity contribution is 9.10. The summed E-state index contributed by atoms with van der Waals surface area (Å²) in [6.07, 6.45) is 1.80. The third-order valence-electron chi connectivity index (χ3n) is 13.4. The Balaban J connectivity index is 0.000000144. The van der Waals surface area contributed by atoms with Gasteiger partial charge in [0, 0.05) is 28.7 Å². The van der Waals surface area contributed by atoms with Gasteiger partial charge in [0.15, 0.2) is 0 Å². The monoisotopic (exact) mass is 902 g/mol. The average molecular weight is 903 g/mol. The highest BCUT2D eigenvalue weighted by atomic mass is 79.9. The van der Waals surface area contributed by atoms with Gasteiger partial charge in [-0.1, -0.05) is 66.2 Å². The van der Waals surface area contributed by atoms with Gasteiger partial charge >= 0.3 is 21.1 Å². The van der Waals surface area contributed by atoms with Gasteiger partial charge in [0.1, 0.15) is 11.6 Å². The van der Waals surface area contributed by atoms with Crippen LogP contribution >= 0.6 is 15.9 Å². The summed E-state index contributed by atoms with van der Waals surface area (Å²) in [5.74, 6) is 2.16. The fourth-order valence-corrected chi connectivity index (χ4v) is 7.82. The number of aryl methyl sites for hydroxylation is 2. The summed E-state index contributed by atoms with van der Waals surface area (Å²) in [5, 5.41) is 0. The maximum atomic E-state index is 6.15. The Kier molecular flexibility index (Phi) is 12.7. The van der Waals surface area contributed by atoms with Crippen molar-refractivity contribution in [2.75, 3.05) is 0 Å². The second-order valence-electron chi connectivity index (χ2n) is 19.3. The molecule has 6 aromatic rings. The number of aromatic nitrogens is 4. The predicted molar refractivity (Wildman–Crippen MR) is 256 cm³/mol. The summed E-state index contributed by atoms with van der Waals surface area (Å²) < 4.78 is 41.7. The van der Waals surface area contributed by atoms with Gasteiger partial charge in [-0.15, -0.1) is 0 Å². The quantitative estimate of drug-likeness (QED) is 0.153. The number of rotatable bonds is 6. The van der Waals surface area contributed by atoms with Gasteiger partial charge in [-0.25, -0.2) is 9.97 Å². The zero-order valence-electron chi connectivity index (χ0n) is 39.0. The summed E-state index contributed by atoms with van der Waals surface area (Å²) >= 11 is 3.47. The lowest BCUT2D eigenvalue weighted by Gasteiger charge is -2.32. The SMILES string of the molecule is CC1(C)OB(B2OC(C)(C)C(C)(C)O2)OC1(C)C.CCc1nc2ccccc2n1-c1ccc(B2OC(C)(C)C(C)(C)O2)cc1.CCc1nc2ccccc2n1-c1ccc(Br)cc1. The van der Waals surface area contributed by atoms with E-state index in [1.165, 1.54) is 0 Å². The lowest BCUT2D eigenvalue weighted by atomic mass is 9.49. The van der Waals surface area contributed by atoms with E-state index in [0.717, 1.165) is 67.9 Å². The highest BCUT2D eigenvalue weighted by Crippen LogP contribution is 2.43. The standard InChI is InChI=1S/C21H25BN2O2.C15H13BrN2.C12H24B2O4/c1-6-19-23-17-9-7-8-10-18(17)24(19)16-13-11-15(12-14-16)22-25-20(2,3)21(4,5)26-22;1-2-15-17-13-5-3-4-6-14(13)18(15)12-9-7-11(16)8-10-12;1-9(2)10(3,4)16-13(15-9)14-17-11(5,6)12(7,8)18-14/h7-14H,6H2,1-5H3;3-10H,2H2,1H3;1-8H3. The van der Waals surface area contributed by atoms with E-state index in [9.17, 15) is 0 Å². The van der Waals surface area contributed by atoms with Crippen molar-refractivity contribution in [3.63, 3.8) is 0 Å². The molecule has 0 unspecified atom stereocenters. The minimum Gasteiger partial charge on any atom is -0.405 e. The van der Waals surface area contributed by atoms with Crippen LogP contribution in [0.3, 0.4) is 0 Å². The first-order valence-corrected chi connectivity index (χ1v) is 22.6. The fourth-order valence-electron chi connectivity index (χ4n) is 7.55. The molecule has 3 saturated heterocycles. The molecule has 9 rings (SSSR count). The van der Waals surface area contributed by atoms with Crippen molar-refractivity contribution in [2.45, 2.75) is 143 Å². The van der Waals surface area contributed by atoms with Crippen molar-refractivity contribution in [3.8, 4) is 11.4 Å². The second-order valence-corrected chi connectivity index (χ2v) is 20.2. The van der Waals surface area contributed by atoms with Gasteiger partial charge in [-0.2, -0.15) is 0 Å². The van der Waals surface area contributed by atoms with E-state index >= 15 is 0 Å². The summed E-state index contributed by atoms with van der Waals surface area (Å²) in [6.45, 7) is 28.8. The number of imidazole rings is 2. The zero-order valence-corrected chi connectivity index (χ0v) is 40.6. The van der Waals surface area contributed by atoms with E-state index in [1.54, 1.807) is 0 Å². The molecule has 3 aliphatic heterocycles. The van der Waals surface area contributed by atoms with Crippen molar-refractivity contribution in [2.24, 2.45) is 0 Å². The van der Waals surface area contributed by atoms with Gasteiger partial charge < -0.3 is 27.9 Å². The van der Waals surface area contributed by atoms with E-state index in [2.05, 4.69) is 157 Å². The van der Waals surface area contributed by atoms with Crippen LogP contribution in [-0.2, 0) is 40.8 Å². The molecule has 0 amide bonds. The van der Waals surface area contributed by atoms with Crippen LogP contribution in [0.25, 0.3) is 33.4 Å². The molecule has 62 heavy (non-hydrogen) atoms. The van der Waals surface area contributed by atoms with Crippen molar-refractivity contribution in [1.29, 1.82) is 0 Å². The van der Waals surface area contributed by atoms with E-state index in [0.29, 0.717) is 0 Å². The van der Waals surface area contributed by atoms with Crippen LogP contribution in [-0.4, -0.2) is 73.8 Å². The molecule has 0 spiro atoms. The molecule has 14 heteroatoms. The molecular weight excluding hydrogens is 841 g/mol. The van der Waals surface area contributed by atoms with Gasteiger partial charge in [0.05, 0.1) is 55.7 Å². The first kappa shape index (κ1) is 46.3. The fraction of sp³-hybridized carbons (Fsp3) is 0.458. The molecule has 10 nitrogen and oxygen atoms in total. The molecule has 0 N–H and O–H groups in total. The minimum atomic E-state index is -0.476. The number of fused-ring (bicyclic) bond motifs is 2. The van der Waals surface area contributed by atoms with Crippen LogP contribution in [0.1, 0.15) is 109 Å². The topological polar surface area (TPSA) is 91.0 Å².